The van der Waals surface area contributed by atoms with Crippen LogP contribution in [0.4, 0.5) is 5.69 Å². The summed E-state index contributed by atoms with van der Waals surface area (Å²) in [4.78, 5) is 1.40. The number of hydrogen-bond acceptors (Lipinski definition) is 3. The first-order valence-corrected chi connectivity index (χ1v) is 8.56. The lowest BCUT2D eigenvalue weighted by molar-refractivity contribution is 0.317. The second-order valence-electron chi connectivity index (χ2n) is 5.25. The van der Waals surface area contributed by atoms with Crippen LogP contribution in [0.25, 0.3) is 0 Å². The molecule has 0 aliphatic carbocycles. The highest BCUT2D eigenvalue weighted by molar-refractivity contribution is 7.99. The van der Waals surface area contributed by atoms with E-state index in [1.807, 2.05) is 17.8 Å². The van der Waals surface area contributed by atoms with Gasteiger partial charge in [0.25, 0.3) is 0 Å². The fourth-order valence-electron chi connectivity index (χ4n) is 2.59. The molecule has 2 aromatic carbocycles. The molecule has 0 saturated heterocycles. The Morgan fingerprint density at radius 1 is 1.19 bits per heavy atom. The number of hydrogen-bond donors (Lipinski definition) is 1. The number of thioether (sulfide) groups is 1. The van der Waals surface area contributed by atoms with Gasteiger partial charge in [-0.3, -0.25) is 0 Å². The Morgan fingerprint density at radius 3 is 3.00 bits per heavy atom. The third-order valence-corrected chi connectivity index (χ3v) is 4.73. The van der Waals surface area contributed by atoms with Crippen molar-refractivity contribution in [3.05, 3.63) is 54.1 Å². The fourth-order valence-corrected chi connectivity index (χ4v) is 3.71. The third-order valence-electron chi connectivity index (χ3n) is 3.61. The fraction of sp³-hybridized carbons (Fsp3) is 0.333. The maximum absolute atomic E-state index is 5.71. The van der Waals surface area contributed by atoms with Crippen LogP contribution in [-0.4, -0.2) is 12.4 Å². The zero-order valence-corrected chi connectivity index (χ0v) is 13.2. The summed E-state index contributed by atoms with van der Waals surface area (Å²) >= 11 is 1.95. The number of anilines is 1. The van der Waals surface area contributed by atoms with Crippen LogP contribution in [0, 0.1) is 0 Å². The SMILES string of the molecule is CCCOc1cccc(NC2CCSc3ccccc32)c1. The van der Waals surface area contributed by atoms with Crippen LogP contribution in [0.1, 0.15) is 31.4 Å². The van der Waals surface area contributed by atoms with Gasteiger partial charge in [-0.2, -0.15) is 0 Å². The molecule has 1 unspecified atom stereocenters. The Morgan fingerprint density at radius 2 is 2.10 bits per heavy atom. The normalized spacial score (nSPS) is 17.1. The van der Waals surface area contributed by atoms with Crippen LogP contribution < -0.4 is 10.1 Å². The van der Waals surface area contributed by atoms with Gasteiger partial charge < -0.3 is 10.1 Å². The maximum atomic E-state index is 5.71. The van der Waals surface area contributed by atoms with E-state index in [9.17, 15) is 0 Å². The van der Waals surface area contributed by atoms with Crippen LogP contribution in [0.15, 0.2) is 53.4 Å². The van der Waals surface area contributed by atoms with Gasteiger partial charge in [0.1, 0.15) is 5.75 Å². The summed E-state index contributed by atoms with van der Waals surface area (Å²) < 4.78 is 5.71. The molecular formula is C18H21NOS. The number of nitrogens with one attached hydrogen (secondary N) is 1. The van der Waals surface area contributed by atoms with Gasteiger partial charge in [0.2, 0.25) is 0 Å². The molecule has 2 nitrogen and oxygen atoms in total. The van der Waals surface area contributed by atoms with Crippen LogP contribution in [0.3, 0.4) is 0 Å². The van der Waals surface area contributed by atoms with Crippen molar-refractivity contribution in [3.8, 4) is 5.75 Å². The van der Waals surface area contributed by atoms with E-state index in [4.69, 9.17) is 4.74 Å². The second-order valence-corrected chi connectivity index (χ2v) is 6.38. The molecule has 1 aliphatic rings. The first-order chi connectivity index (χ1) is 10.4. The van der Waals surface area contributed by atoms with Crippen molar-refractivity contribution >= 4 is 17.4 Å². The molecule has 1 N–H and O–H groups in total. The number of benzene rings is 2. The molecule has 3 heteroatoms. The number of fused-ring (bicyclic) bond motifs is 1. The van der Waals surface area contributed by atoms with Gasteiger partial charge in [-0.05, 0) is 36.6 Å². The predicted molar refractivity (Wildman–Crippen MR) is 90.4 cm³/mol. The summed E-state index contributed by atoms with van der Waals surface area (Å²) in [6, 6.07) is 17.4. The summed E-state index contributed by atoms with van der Waals surface area (Å²) in [5.74, 6) is 2.11. The van der Waals surface area contributed by atoms with Gasteiger partial charge in [0, 0.05) is 22.4 Å². The van der Waals surface area contributed by atoms with Crippen LogP contribution >= 0.6 is 11.8 Å². The van der Waals surface area contributed by atoms with E-state index in [1.54, 1.807) is 0 Å². The average Bonchev–Trinajstić information content (AvgIpc) is 2.54. The van der Waals surface area contributed by atoms with Crippen LogP contribution in [0.2, 0.25) is 0 Å². The summed E-state index contributed by atoms with van der Waals surface area (Å²) in [5.41, 5.74) is 2.55. The molecule has 0 radical (unpaired) electrons. The molecule has 3 rings (SSSR count). The summed E-state index contributed by atoms with van der Waals surface area (Å²) in [7, 11) is 0. The van der Waals surface area contributed by atoms with Crippen molar-refractivity contribution in [3.63, 3.8) is 0 Å². The number of rotatable bonds is 5. The van der Waals surface area contributed by atoms with Gasteiger partial charge in [0.05, 0.1) is 12.6 Å². The first-order valence-electron chi connectivity index (χ1n) is 7.58. The Kier molecular flexibility index (Phi) is 4.71. The molecule has 0 fully saturated rings. The molecular weight excluding hydrogens is 278 g/mol. The van der Waals surface area contributed by atoms with Crippen molar-refractivity contribution < 1.29 is 4.74 Å². The zero-order chi connectivity index (χ0) is 14.5. The number of ether oxygens (including phenoxy) is 1. The molecule has 0 bridgehead atoms. The molecule has 0 saturated carbocycles. The smallest absolute Gasteiger partial charge is 0.121 e. The van der Waals surface area contributed by atoms with Crippen molar-refractivity contribution in [2.45, 2.75) is 30.7 Å². The van der Waals surface area contributed by atoms with E-state index >= 15 is 0 Å². The molecule has 0 aromatic heterocycles. The molecule has 110 valence electrons. The Balaban J connectivity index is 1.75. The van der Waals surface area contributed by atoms with Crippen LogP contribution in [-0.2, 0) is 0 Å². The van der Waals surface area contributed by atoms with Gasteiger partial charge >= 0.3 is 0 Å². The highest BCUT2D eigenvalue weighted by Crippen LogP contribution is 2.37. The Hall–Kier alpha value is -1.61. The van der Waals surface area contributed by atoms with E-state index < -0.39 is 0 Å². The minimum absolute atomic E-state index is 0.392. The molecule has 21 heavy (non-hydrogen) atoms. The van der Waals surface area contributed by atoms with Gasteiger partial charge in [0.15, 0.2) is 0 Å². The minimum Gasteiger partial charge on any atom is -0.494 e. The van der Waals surface area contributed by atoms with Crippen molar-refractivity contribution in [2.24, 2.45) is 0 Å². The highest BCUT2D eigenvalue weighted by atomic mass is 32.2. The molecule has 1 aliphatic heterocycles. The lowest BCUT2D eigenvalue weighted by Gasteiger charge is -2.27. The summed E-state index contributed by atoms with van der Waals surface area (Å²) in [5, 5.41) is 3.66. The largest absolute Gasteiger partial charge is 0.494 e. The van der Waals surface area contributed by atoms with E-state index in [0.717, 1.165) is 30.9 Å². The predicted octanol–water partition coefficient (Wildman–Crippen LogP) is 5.12. The van der Waals surface area contributed by atoms with Gasteiger partial charge in [-0.25, -0.2) is 0 Å². The monoisotopic (exact) mass is 299 g/mol. The third kappa shape index (κ3) is 3.53. The maximum Gasteiger partial charge on any atom is 0.121 e. The molecule has 1 atom stereocenters. The Labute approximate surface area is 130 Å². The lowest BCUT2D eigenvalue weighted by atomic mass is 10.0. The van der Waals surface area contributed by atoms with Gasteiger partial charge in [-0.15, -0.1) is 11.8 Å². The summed E-state index contributed by atoms with van der Waals surface area (Å²) in [6.45, 7) is 2.89. The molecule has 1 heterocycles. The zero-order valence-electron chi connectivity index (χ0n) is 12.3. The van der Waals surface area contributed by atoms with Crippen molar-refractivity contribution in [1.82, 2.24) is 0 Å². The van der Waals surface area contributed by atoms with Crippen molar-refractivity contribution in [2.75, 3.05) is 17.7 Å². The molecule has 2 aromatic rings. The molecule has 0 amide bonds. The highest BCUT2D eigenvalue weighted by Gasteiger charge is 2.19. The average molecular weight is 299 g/mol. The first kappa shape index (κ1) is 14.3. The lowest BCUT2D eigenvalue weighted by Crippen LogP contribution is -2.16. The topological polar surface area (TPSA) is 21.3 Å². The van der Waals surface area contributed by atoms with E-state index in [2.05, 4.69) is 54.7 Å². The summed E-state index contributed by atoms with van der Waals surface area (Å²) in [6.07, 6.45) is 2.19. The second kappa shape index (κ2) is 6.90. The van der Waals surface area contributed by atoms with E-state index in [1.165, 1.54) is 16.2 Å². The van der Waals surface area contributed by atoms with Crippen LogP contribution in [0.5, 0.6) is 5.75 Å². The van der Waals surface area contributed by atoms with Gasteiger partial charge in [-0.1, -0.05) is 31.2 Å². The van der Waals surface area contributed by atoms with E-state index in [0.29, 0.717) is 6.04 Å². The Bertz CT molecular complexity index is 599. The quantitative estimate of drug-likeness (QED) is 0.827. The molecule has 0 spiro atoms. The minimum atomic E-state index is 0.392. The standard InChI is InChI=1S/C18H21NOS/c1-2-11-20-15-7-5-6-14(13-15)19-17-10-12-21-18-9-4-3-8-16(17)18/h3-9,13,17,19H,2,10-12H2,1H3. The van der Waals surface area contributed by atoms with Crippen molar-refractivity contribution in [1.29, 1.82) is 0 Å². The van der Waals surface area contributed by atoms with E-state index in [-0.39, 0.29) is 0 Å².